The Balaban J connectivity index is 2.33. The third-order valence-corrected chi connectivity index (χ3v) is 3.33. The molecule has 1 saturated carbocycles. The Kier molecular flexibility index (Phi) is 2.20. The monoisotopic (exact) mass is 188 g/mol. The van der Waals surface area contributed by atoms with E-state index in [-0.39, 0.29) is 5.41 Å². The fourth-order valence-corrected chi connectivity index (χ4v) is 2.54. The summed E-state index contributed by atoms with van der Waals surface area (Å²) in [6.45, 7) is 4.02. The summed E-state index contributed by atoms with van der Waals surface area (Å²) in [6.07, 6.45) is 9.70. The Hall–Kier alpha value is -1.07. The standard InChI is InChI=1S/C13H16O/c1-10(2)5-6-13(9-14)8-11-3-4-12(13)7-11/h3-4,6,9,11-12H,7-8H2,1-2H3/t11-,12-,13-/m0/s1. The molecule has 1 heteroatoms. The van der Waals surface area contributed by atoms with Gasteiger partial charge in [-0.05, 0) is 50.2 Å². The van der Waals surface area contributed by atoms with Crippen molar-refractivity contribution in [3.8, 4) is 0 Å². The summed E-state index contributed by atoms with van der Waals surface area (Å²) in [5, 5.41) is 0. The number of rotatable bonds is 2. The van der Waals surface area contributed by atoms with E-state index in [0.29, 0.717) is 11.8 Å². The second-order valence-corrected chi connectivity index (χ2v) is 4.71. The van der Waals surface area contributed by atoms with Crippen LogP contribution in [0.1, 0.15) is 26.7 Å². The normalized spacial score (nSPS) is 38.1. The summed E-state index contributed by atoms with van der Waals surface area (Å²) in [5.74, 6) is 1.05. The van der Waals surface area contributed by atoms with Crippen molar-refractivity contribution < 1.29 is 4.79 Å². The minimum absolute atomic E-state index is 0.239. The summed E-state index contributed by atoms with van der Waals surface area (Å²) in [5.41, 5.74) is 4.09. The quantitative estimate of drug-likeness (QED) is 0.370. The van der Waals surface area contributed by atoms with Crippen LogP contribution in [0.15, 0.2) is 29.5 Å². The molecule has 2 rings (SSSR count). The van der Waals surface area contributed by atoms with Gasteiger partial charge in [0.25, 0.3) is 0 Å². The molecule has 2 aliphatic rings. The predicted octanol–water partition coefficient (Wildman–Crippen LogP) is 2.89. The van der Waals surface area contributed by atoms with Crippen LogP contribution >= 0.6 is 0 Å². The maximum atomic E-state index is 11.2. The molecule has 14 heavy (non-hydrogen) atoms. The summed E-state index contributed by atoms with van der Waals surface area (Å²) in [7, 11) is 0. The molecule has 0 N–H and O–H groups in total. The van der Waals surface area contributed by atoms with Crippen molar-refractivity contribution in [2.45, 2.75) is 26.7 Å². The fourth-order valence-electron chi connectivity index (χ4n) is 2.54. The SMILES string of the molecule is CC(C)=C=C[C@@]1(C=O)C[C@H]2C=C[C@H]1C2. The van der Waals surface area contributed by atoms with Crippen LogP contribution in [0, 0.1) is 17.3 Å². The topological polar surface area (TPSA) is 17.1 Å². The Morgan fingerprint density at radius 3 is 2.71 bits per heavy atom. The van der Waals surface area contributed by atoms with E-state index in [9.17, 15) is 4.79 Å². The van der Waals surface area contributed by atoms with Gasteiger partial charge in [0.1, 0.15) is 6.29 Å². The van der Waals surface area contributed by atoms with Gasteiger partial charge in [-0.2, -0.15) is 0 Å². The Morgan fingerprint density at radius 1 is 1.50 bits per heavy atom. The smallest absolute Gasteiger partial charge is 0.131 e. The van der Waals surface area contributed by atoms with E-state index < -0.39 is 0 Å². The van der Waals surface area contributed by atoms with E-state index in [1.165, 1.54) is 0 Å². The van der Waals surface area contributed by atoms with E-state index in [2.05, 4.69) is 17.9 Å². The Labute approximate surface area is 85.2 Å². The largest absolute Gasteiger partial charge is 0.302 e. The molecule has 0 aromatic rings. The number of allylic oxidation sites excluding steroid dienone is 3. The van der Waals surface area contributed by atoms with E-state index in [1.807, 2.05) is 19.9 Å². The van der Waals surface area contributed by atoms with Crippen LogP contribution in [0.3, 0.4) is 0 Å². The highest BCUT2D eigenvalue weighted by Crippen LogP contribution is 2.51. The molecule has 0 heterocycles. The molecular formula is C13H16O. The summed E-state index contributed by atoms with van der Waals surface area (Å²) >= 11 is 0. The first-order valence-electron chi connectivity index (χ1n) is 5.22. The van der Waals surface area contributed by atoms with Gasteiger partial charge in [0.15, 0.2) is 0 Å². The molecule has 0 aliphatic heterocycles. The highest BCUT2D eigenvalue weighted by Gasteiger charge is 2.46. The van der Waals surface area contributed by atoms with E-state index >= 15 is 0 Å². The number of carbonyl (C=O) groups is 1. The molecule has 0 aromatic carbocycles. The zero-order valence-electron chi connectivity index (χ0n) is 8.79. The molecule has 74 valence electrons. The molecule has 1 nitrogen and oxygen atoms in total. The van der Waals surface area contributed by atoms with Gasteiger partial charge in [0, 0.05) is 0 Å². The molecule has 0 radical (unpaired) electrons. The molecule has 0 saturated heterocycles. The summed E-state index contributed by atoms with van der Waals surface area (Å²) < 4.78 is 0. The van der Waals surface area contributed by atoms with Crippen molar-refractivity contribution in [1.82, 2.24) is 0 Å². The van der Waals surface area contributed by atoms with Gasteiger partial charge >= 0.3 is 0 Å². The number of aldehydes is 1. The molecule has 2 bridgehead atoms. The number of hydrogen-bond donors (Lipinski definition) is 0. The van der Waals surface area contributed by atoms with Crippen molar-refractivity contribution >= 4 is 6.29 Å². The van der Waals surface area contributed by atoms with Crippen LogP contribution in [0.25, 0.3) is 0 Å². The first-order valence-corrected chi connectivity index (χ1v) is 5.22. The average Bonchev–Trinajstić information content (AvgIpc) is 2.74. The molecule has 3 atom stereocenters. The predicted molar refractivity (Wildman–Crippen MR) is 56.8 cm³/mol. The van der Waals surface area contributed by atoms with Gasteiger partial charge in [-0.3, -0.25) is 0 Å². The second kappa shape index (κ2) is 3.25. The lowest BCUT2D eigenvalue weighted by molar-refractivity contribution is -0.115. The summed E-state index contributed by atoms with van der Waals surface area (Å²) in [4.78, 5) is 11.2. The van der Waals surface area contributed by atoms with Crippen LogP contribution in [-0.4, -0.2) is 6.29 Å². The maximum absolute atomic E-state index is 11.2. The van der Waals surface area contributed by atoms with Crippen LogP contribution in [0.5, 0.6) is 0 Å². The van der Waals surface area contributed by atoms with Gasteiger partial charge in [-0.15, -0.1) is 5.73 Å². The minimum Gasteiger partial charge on any atom is -0.302 e. The molecule has 0 unspecified atom stereocenters. The van der Waals surface area contributed by atoms with Crippen molar-refractivity contribution in [1.29, 1.82) is 0 Å². The van der Waals surface area contributed by atoms with Gasteiger partial charge in [-0.25, -0.2) is 0 Å². The van der Waals surface area contributed by atoms with Gasteiger partial charge in [0.2, 0.25) is 0 Å². The molecule has 2 aliphatic carbocycles. The molecule has 0 aromatic heterocycles. The zero-order valence-corrected chi connectivity index (χ0v) is 8.79. The lowest BCUT2D eigenvalue weighted by Crippen LogP contribution is -2.24. The summed E-state index contributed by atoms with van der Waals surface area (Å²) in [6, 6.07) is 0. The molecular weight excluding hydrogens is 172 g/mol. The fraction of sp³-hybridized carbons (Fsp3) is 0.538. The van der Waals surface area contributed by atoms with Crippen LogP contribution in [0.2, 0.25) is 0 Å². The third-order valence-electron chi connectivity index (χ3n) is 3.33. The maximum Gasteiger partial charge on any atom is 0.131 e. The van der Waals surface area contributed by atoms with Crippen molar-refractivity contribution in [3.05, 3.63) is 29.5 Å². The average molecular weight is 188 g/mol. The van der Waals surface area contributed by atoms with Gasteiger partial charge in [-0.1, -0.05) is 12.2 Å². The second-order valence-electron chi connectivity index (χ2n) is 4.71. The van der Waals surface area contributed by atoms with Crippen LogP contribution < -0.4 is 0 Å². The van der Waals surface area contributed by atoms with Crippen molar-refractivity contribution in [2.24, 2.45) is 17.3 Å². The number of carbonyl (C=O) groups excluding carboxylic acids is 1. The van der Waals surface area contributed by atoms with Gasteiger partial charge in [0.05, 0.1) is 5.41 Å². The van der Waals surface area contributed by atoms with Crippen LogP contribution in [-0.2, 0) is 4.79 Å². The van der Waals surface area contributed by atoms with Crippen LogP contribution in [0.4, 0.5) is 0 Å². The molecule has 1 fully saturated rings. The van der Waals surface area contributed by atoms with Gasteiger partial charge < -0.3 is 4.79 Å². The highest BCUT2D eigenvalue weighted by molar-refractivity contribution is 5.65. The number of fused-ring (bicyclic) bond motifs is 2. The van der Waals surface area contributed by atoms with E-state index in [4.69, 9.17) is 0 Å². The Morgan fingerprint density at radius 2 is 2.29 bits per heavy atom. The highest BCUT2D eigenvalue weighted by atomic mass is 16.1. The van der Waals surface area contributed by atoms with E-state index in [1.54, 1.807) is 0 Å². The number of hydrogen-bond acceptors (Lipinski definition) is 1. The molecule has 0 spiro atoms. The van der Waals surface area contributed by atoms with Crippen molar-refractivity contribution in [3.63, 3.8) is 0 Å². The first-order chi connectivity index (χ1) is 6.66. The first kappa shape index (κ1) is 9.48. The zero-order chi connectivity index (χ0) is 10.2. The lowest BCUT2D eigenvalue weighted by atomic mass is 9.77. The molecule has 0 amide bonds. The van der Waals surface area contributed by atoms with E-state index in [0.717, 1.165) is 24.7 Å². The third kappa shape index (κ3) is 1.38. The Bertz CT molecular complexity index is 340. The minimum atomic E-state index is -0.239. The lowest BCUT2D eigenvalue weighted by Gasteiger charge is -2.24. The van der Waals surface area contributed by atoms with Crippen molar-refractivity contribution in [2.75, 3.05) is 0 Å².